The molecule has 0 bridgehead atoms. The van der Waals surface area contributed by atoms with Crippen molar-refractivity contribution in [3.63, 3.8) is 0 Å². The molecular weight excluding hydrogens is 418 g/mol. The Morgan fingerprint density at radius 2 is 1.96 bits per heavy atom. The van der Waals surface area contributed by atoms with Crippen molar-refractivity contribution in [3.8, 4) is 5.75 Å². The quantitative estimate of drug-likeness (QED) is 0.257. The Bertz CT molecular complexity index is 751. The van der Waals surface area contributed by atoms with Gasteiger partial charge in [-0.1, -0.05) is 45.4 Å². The number of ether oxygens (including phenoxy) is 1. The van der Waals surface area contributed by atoms with Crippen LogP contribution in [0.25, 0.3) is 0 Å². The summed E-state index contributed by atoms with van der Waals surface area (Å²) in [5.41, 5.74) is 3.82. The summed E-state index contributed by atoms with van der Waals surface area (Å²) in [7, 11) is 0. The van der Waals surface area contributed by atoms with Gasteiger partial charge >= 0.3 is 0 Å². The van der Waals surface area contributed by atoms with Gasteiger partial charge in [0.1, 0.15) is 5.75 Å². The molecule has 0 spiro atoms. The fourth-order valence-electron chi connectivity index (χ4n) is 2.68. The van der Waals surface area contributed by atoms with Gasteiger partial charge in [0.05, 0.1) is 22.9 Å². The Morgan fingerprint density at radius 1 is 1.18 bits per heavy atom. The second kappa shape index (κ2) is 13.0. The Balaban J connectivity index is 1.72. The van der Waals surface area contributed by atoms with Crippen LogP contribution in [0.1, 0.15) is 67.8 Å². The number of rotatable bonds is 12. The Morgan fingerprint density at radius 3 is 2.68 bits per heavy atom. The second-order valence-corrected chi connectivity index (χ2v) is 7.45. The number of nitrogens with zero attached hydrogens (tertiary/aromatic N) is 2. The summed E-state index contributed by atoms with van der Waals surface area (Å²) in [5, 5.41) is 3.99. The number of pyridine rings is 1. The fourth-order valence-corrected chi connectivity index (χ4v) is 3.19. The van der Waals surface area contributed by atoms with Crippen LogP contribution in [0, 0.1) is 0 Å². The highest BCUT2D eigenvalue weighted by Gasteiger charge is 2.04. The van der Waals surface area contributed by atoms with Crippen molar-refractivity contribution in [2.24, 2.45) is 5.10 Å². The third-order valence-corrected chi connectivity index (χ3v) is 4.88. The Labute approximate surface area is 175 Å². The molecule has 2 aromatic rings. The van der Waals surface area contributed by atoms with Gasteiger partial charge in [0.25, 0.3) is 5.91 Å². The lowest BCUT2D eigenvalue weighted by Crippen LogP contribution is -2.17. The van der Waals surface area contributed by atoms with E-state index in [0.29, 0.717) is 5.56 Å². The fraction of sp³-hybridized carbons (Fsp3) is 0.409. The minimum absolute atomic E-state index is 0.293. The molecule has 1 amide bonds. The van der Waals surface area contributed by atoms with Crippen LogP contribution in [0.5, 0.6) is 5.75 Å². The van der Waals surface area contributed by atoms with Gasteiger partial charge in [-0.25, -0.2) is 5.43 Å². The van der Waals surface area contributed by atoms with Gasteiger partial charge in [0.2, 0.25) is 0 Å². The summed E-state index contributed by atoms with van der Waals surface area (Å²) in [5.74, 6) is 0.528. The van der Waals surface area contributed by atoms with Crippen molar-refractivity contribution in [2.45, 2.75) is 51.9 Å². The first-order valence-corrected chi connectivity index (χ1v) is 10.7. The number of carbonyl (C=O) groups is 1. The summed E-state index contributed by atoms with van der Waals surface area (Å²) < 4.78 is 6.73. The zero-order chi connectivity index (χ0) is 20.0. The van der Waals surface area contributed by atoms with Crippen molar-refractivity contribution in [3.05, 3.63) is 58.3 Å². The van der Waals surface area contributed by atoms with Crippen LogP contribution < -0.4 is 10.2 Å². The molecule has 28 heavy (non-hydrogen) atoms. The number of aromatic nitrogens is 1. The van der Waals surface area contributed by atoms with E-state index in [-0.39, 0.29) is 5.91 Å². The van der Waals surface area contributed by atoms with Gasteiger partial charge in [0.15, 0.2) is 0 Å². The normalized spacial score (nSPS) is 10.9. The van der Waals surface area contributed by atoms with E-state index in [4.69, 9.17) is 4.74 Å². The lowest BCUT2D eigenvalue weighted by molar-refractivity contribution is 0.0955. The van der Waals surface area contributed by atoms with E-state index >= 15 is 0 Å². The maximum atomic E-state index is 11.9. The van der Waals surface area contributed by atoms with Crippen LogP contribution in [-0.2, 0) is 0 Å². The lowest BCUT2D eigenvalue weighted by atomic mass is 10.1. The molecule has 1 aromatic carbocycles. The van der Waals surface area contributed by atoms with Crippen LogP contribution in [-0.4, -0.2) is 23.7 Å². The standard InChI is InChI=1S/C22H28BrN3O2/c1-2-3-4-5-6-7-8-14-28-21-12-11-18(15-20(21)23)16-25-26-22(27)19-10-9-13-24-17-19/h9-13,15-17H,2-8,14H2,1H3,(H,26,27)/b25-16-. The molecule has 5 nitrogen and oxygen atoms in total. The first kappa shape index (κ1) is 22.1. The van der Waals surface area contributed by atoms with Gasteiger partial charge in [-0.2, -0.15) is 5.10 Å². The molecule has 0 aliphatic heterocycles. The third-order valence-electron chi connectivity index (χ3n) is 4.26. The van der Waals surface area contributed by atoms with Crippen LogP contribution in [0.4, 0.5) is 0 Å². The number of unbranched alkanes of at least 4 members (excludes halogenated alkanes) is 6. The maximum absolute atomic E-state index is 11.9. The van der Waals surface area contributed by atoms with E-state index in [0.717, 1.165) is 28.8 Å². The van der Waals surface area contributed by atoms with Gasteiger partial charge in [-0.3, -0.25) is 9.78 Å². The monoisotopic (exact) mass is 445 g/mol. The molecule has 0 fully saturated rings. The van der Waals surface area contributed by atoms with Crippen LogP contribution in [0.15, 0.2) is 52.3 Å². The van der Waals surface area contributed by atoms with Crippen molar-refractivity contribution in [1.29, 1.82) is 0 Å². The SMILES string of the molecule is CCCCCCCCCOc1ccc(/C=N\NC(=O)c2cccnc2)cc1Br. The van der Waals surface area contributed by atoms with Gasteiger partial charge in [0, 0.05) is 12.4 Å². The van der Waals surface area contributed by atoms with Crippen LogP contribution in [0.2, 0.25) is 0 Å². The molecule has 0 saturated heterocycles. The van der Waals surface area contributed by atoms with Gasteiger partial charge in [-0.15, -0.1) is 0 Å². The van der Waals surface area contributed by atoms with Crippen molar-refractivity contribution >= 4 is 28.1 Å². The zero-order valence-corrected chi connectivity index (χ0v) is 18.0. The number of amides is 1. The predicted molar refractivity (Wildman–Crippen MR) is 117 cm³/mol. The second-order valence-electron chi connectivity index (χ2n) is 6.60. The molecule has 0 aliphatic rings. The highest BCUT2D eigenvalue weighted by Crippen LogP contribution is 2.25. The first-order chi connectivity index (χ1) is 13.7. The van der Waals surface area contributed by atoms with Crippen LogP contribution in [0.3, 0.4) is 0 Å². The first-order valence-electron chi connectivity index (χ1n) is 9.86. The Kier molecular flexibility index (Phi) is 10.3. The molecule has 150 valence electrons. The summed E-state index contributed by atoms with van der Waals surface area (Å²) in [6, 6.07) is 9.13. The summed E-state index contributed by atoms with van der Waals surface area (Å²) in [4.78, 5) is 15.8. The number of hydrogen-bond acceptors (Lipinski definition) is 4. The average Bonchev–Trinajstić information content (AvgIpc) is 2.72. The topological polar surface area (TPSA) is 63.6 Å². The summed E-state index contributed by atoms with van der Waals surface area (Å²) in [6.45, 7) is 2.96. The average molecular weight is 446 g/mol. The molecule has 0 aliphatic carbocycles. The molecular formula is C22H28BrN3O2. The van der Waals surface area contributed by atoms with Crippen molar-refractivity contribution < 1.29 is 9.53 Å². The molecule has 1 aromatic heterocycles. The minimum Gasteiger partial charge on any atom is -0.492 e. The van der Waals surface area contributed by atoms with E-state index in [1.165, 1.54) is 44.7 Å². The molecule has 1 heterocycles. The Hall–Kier alpha value is -2.21. The molecule has 0 saturated carbocycles. The van der Waals surface area contributed by atoms with Crippen molar-refractivity contribution in [1.82, 2.24) is 10.4 Å². The number of nitrogens with one attached hydrogen (secondary N) is 1. The van der Waals surface area contributed by atoms with Gasteiger partial charge in [-0.05, 0) is 58.2 Å². The zero-order valence-electron chi connectivity index (χ0n) is 16.4. The predicted octanol–water partition coefficient (Wildman–Crippen LogP) is 5.74. The summed E-state index contributed by atoms with van der Waals surface area (Å²) >= 11 is 3.53. The van der Waals surface area contributed by atoms with E-state index in [1.54, 1.807) is 24.5 Å². The maximum Gasteiger partial charge on any atom is 0.272 e. The lowest BCUT2D eigenvalue weighted by Gasteiger charge is -2.09. The molecule has 0 unspecified atom stereocenters. The van der Waals surface area contributed by atoms with E-state index in [9.17, 15) is 4.79 Å². The number of hydrogen-bond donors (Lipinski definition) is 1. The van der Waals surface area contributed by atoms with Crippen molar-refractivity contribution in [2.75, 3.05) is 6.61 Å². The summed E-state index contributed by atoms with van der Waals surface area (Å²) in [6.07, 6.45) is 13.6. The minimum atomic E-state index is -0.293. The largest absolute Gasteiger partial charge is 0.492 e. The number of halogens is 1. The number of benzene rings is 1. The third kappa shape index (κ3) is 8.21. The highest BCUT2D eigenvalue weighted by molar-refractivity contribution is 9.10. The number of carbonyl (C=O) groups excluding carboxylic acids is 1. The molecule has 0 radical (unpaired) electrons. The van der Waals surface area contributed by atoms with Gasteiger partial charge < -0.3 is 4.74 Å². The van der Waals surface area contributed by atoms with E-state index in [2.05, 4.69) is 38.4 Å². The van der Waals surface area contributed by atoms with E-state index < -0.39 is 0 Å². The molecule has 1 N–H and O–H groups in total. The number of hydrazone groups is 1. The van der Waals surface area contributed by atoms with E-state index in [1.807, 2.05) is 18.2 Å². The smallest absolute Gasteiger partial charge is 0.272 e. The molecule has 0 atom stereocenters. The van der Waals surface area contributed by atoms with Crippen LogP contribution >= 0.6 is 15.9 Å². The highest BCUT2D eigenvalue weighted by atomic mass is 79.9. The molecule has 2 rings (SSSR count). The molecule has 6 heteroatoms.